The van der Waals surface area contributed by atoms with Crippen molar-refractivity contribution in [3.8, 4) is 0 Å². The summed E-state index contributed by atoms with van der Waals surface area (Å²) in [7, 11) is 6.90. The number of nitrogens with one attached hydrogen (secondary N) is 1. The average Bonchev–Trinajstić information content (AvgIpc) is 3.62. The zero-order chi connectivity index (χ0) is 41.0. The number of rotatable bonds is 22. The highest BCUT2D eigenvalue weighted by Gasteiger charge is 2.43. The van der Waals surface area contributed by atoms with Crippen molar-refractivity contribution in [2.75, 3.05) is 34.9 Å². The molecule has 0 saturated carbocycles. The van der Waals surface area contributed by atoms with Crippen molar-refractivity contribution >= 4 is 23.5 Å². The predicted octanol–water partition coefficient (Wildman–Crippen LogP) is 5.74. The van der Waals surface area contributed by atoms with Crippen molar-refractivity contribution < 1.29 is 33.8 Å². The molecular formula is C43H74N4O7. The molecule has 0 spiro atoms. The Kier molecular flexibility index (Phi) is 19.3. The van der Waals surface area contributed by atoms with Crippen molar-refractivity contribution in [3.05, 3.63) is 35.9 Å². The van der Waals surface area contributed by atoms with Crippen LogP contribution in [0.5, 0.6) is 0 Å². The van der Waals surface area contributed by atoms with Crippen LogP contribution in [0.25, 0.3) is 0 Å². The Morgan fingerprint density at radius 2 is 1.52 bits per heavy atom. The van der Waals surface area contributed by atoms with Crippen LogP contribution in [0.2, 0.25) is 0 Å². The highest BCUT2D eigenvalue weighted by Crippen LogP contribution is 2.31. The minimum atomic E-state index is -0.873. The van der Waals surface area contributed by atoms with Crippen molar-refractivity contribution in [1.29, 1.82) is 0 Å². The fourth-order valence-corrected chi connectivity index (χ4v) is 8.28. The Hall–Kier alpha value is -2.86. The van der Waals surface area contributed by atoms with E-state index in [1.807, 2.05) is 70.0 Å². The lowest BCUT2D eigenvalue weighted by Gasteiger charge is -2.41. The molecule has 0 aromatic heterocycles. The summed E-state index contributed by atoms with van der Waals surface area (Å²) in [6.45, 7) is 20.4. The maximum absolute atomic E-state index is 14.4. The Bertz CT molecular complexity index is 1320. The lowest BCUT2D eigenvalue weighted by atomic mass is 9.83. The number of aliphatic hydroxyl groups excluding tert-OH is 1. The first-order valence-electron chi connectivity index (χ1n) is 20.2. The van der Waals surface area contributed by atoms with E-state index in [-0.39, 0.29) is 72.2 Å². The number of methoxy groups -OCH3 is 2. The van der Waals surface area contributed by atoms with Gasteiger partial charge in [0.15, 0.2) is 5.78 Å². The second-order valence-electron chi connectivity index (χ2n) is 16.7. The van der Waals surface area contributed by atoms with Crippen molar-refractivity contribution in [1.82, 2.24) is 20.0 Å². The smallest absolute Gasteiger partial charge is 0.226 e. The second-order valence-corrected chi connectivity index (χ2v) is 16.7. The molecule has 2 N–H and O–H groups in total. The molecule has 1 saturated heterocycles. The van der Waals surface area contributed by atoms with E-state index in [4.69, 9.17) is 9.47 Å². The van der Waals surface area contributed by atoms with Gasteiger partial charge >= 0.3 is 0 Å². The van der Waals surface area contributed by atoms with E-state index >= 15 is 0 Å². The Morgan fingerprint density at radius 1 is 0.907 bits per heavy atom. The maximum atomic E-state index is 14.4. The average molecular weight is 759 g/mol. The van der Waals surface area contributed by atoms with Crippen LogP contribution in [0.15, 0.2) is 30.3 Å². The van der Waals surface area contributed by atoms with E-state index in [2.05, 4.69) is 37.9 Å². The van der Waals surface area contributed by atoms with E-state index in [0.29, 0.717) is 18.5 Å². The van der Waals surface area contributed by atoms with Gasteiger partial charge in [0.05, 0.1) is 54.8 Å². The van der Waals surface area contributed by atoms with Gasteiger partial charge in [0, 0.05) is 46.2 Å². The molecule has 1 heterocycles. The summed E-state index contributed by atoms with van der Waals surface area (Å²) in [5, 5.41) is 13.8. The summed E-state index contributed by atoms with van der Waals surface area (Å²) in [4.78, 5) is 61.6. The monoisotopic (exact) mass is 759 g/mol. The Balaban J connectivity index is 2.27. The molecule has 1 aromatic carbocycles. The number of likely N-dealkylation sites (N-methyl/N-ethyl adjacent to an activating group) is 2. The van der Waals surface area contributed by atoms with Gasteiger partial charge in [-0.3, -0.25) is 24.1 Å². The SMILES string of the molecule is CCC(C)[C@@H]([C@@H](CC(=O)N1CCC[C@H]1[C@H](OC)[C@@H](C)C(=O)N[C@H](C)[C@@H](O)c1ccccc1)OC)N(C)C(=O)[C@@H](CC(=O)[C@H](C(C)C)N(C)C(C)C)C(C)C. The quantitative estimate of drug-likeness (QED) is 0.153. The van der Waals surface area contributed by atoms with E-state index in [9.17, 15) is 24.3 Å². The van der Waals surface area contributed by atoms with Gasteiger partial charge in [-0.15, -0.1) is 0 Å². The van der Waals surface area contributed by atoms with Crippen LogP contribution < -0.4 is 5.32 Å². The summed E-state index contributed by atoms with van der Waals surface area (Å²) in [5.74, 6) is -1.50. The molecule has 3 amide bonds. The number of hydrogen-bond acceptors (Lipinski definition) is 8. The third-order valence-corrected chi connectivity index (χ3v) is 12.0. The number of benzene rings is 1. The van der Waals surface area contributed by atoms with Gasteiger partial charge in [-0.1, -0.05) is 85.2 Å². The standard InChI is InChI=1S/C43H74N4O7/c1-15-29(8)39(46(12)43(52)33(26(2)3)24-35(48)38(27(4)5)45(11)28(6)7)36(53-13)25-37(49)47-23-19-22-34(47)41(54-14)30(9)42(51)44-31(10)40(50)32-20-17-16-18-21-32/h16-18,20-21,26-31,33-34,36,38-41,50H,15,19,22-25H2,1-14H3,(H,44,51)/t29?,30-,31-,33+,34+,36-,38+,39+,40-,41-/m1/s1. The summed E-state index contributed by atoms with van der Waals surface area (Å²) < 4.78 is 12.0. The van der Waals surface area contributed by atoms with E-state index in [1.165, 1.54) is 0 Å². The fraction of sp³-hybridized carbons (Fsp3) is 0.767. The van der Waals surface area contributed by atoms with Crippen molar-refractivity contribution in [2.45, 2.75) is 150 Å². The number of nitrogens with zero attached hydrogens (tertiary/aromatic N) is 3. The molecule has 0 radical (unpaired) electrons. The lowest BCUT2D eigenvalue weighted by Crippen LogP contribution is -2.55. The van der Waals surface area contributed by atoms with Gasteiger partial charge in [0.25, 0.3) is 0 Å². The molecule has 1 aliphatic rings. The van der Waals surface area contributed by atoms with Gasteiger partial charge in [0.1, 0.15) is 0 Å². The number of amides is 3. The molecule has 11 heteroatoms. The topological polar surface area (TPSA) is 129 Å². The van der Waals surface area contributed by atoms with Crippen LogP contribution in [-0.2, 0) is 28.7 Å². The molecule has 0 aliphatic carbocycles. The first kappa shape index (κ1) is 47.3. The Morgan fingerprint density at radius 3 is 2.02 bits per heavy atom. The number of carbonyl (C=O) groups is 4. The number of hydrogen-bond donors (Lipinski definition) is 2. The summed E-state index contributed by atoms with van der Waals surface area (Å²) in [5.41, 5.74) is 0.715. The van der Waals surface area contributed by atoms with Gasteiger partial charge in [-0.25, -0.2) is 0 Å². The highest BCUT2D eigenvalue weighted by atomic mass is 16.5. The second kappa shape index (κ2) is 22.0. The molecule has 1 aromatic rings. The van der Waals surface area contributed by atoms with E-state index < -0.39 is 42.2 Å². The first-order chi connectivity index (χ1) is 25.3. The van der Waals surface area contributed by atoms with Crippen LogP contribution in [0.1, 0.15) is 113 Å². The van der Waals surface area contributed by atoms with Crippen molar-refractivity contribution in [3.63, 3.8) is 0 Å². The number of ketones is 1. The van der Waals surface area contributed by atoms with Gasteiger partial charge in [-0.05, 0) is 64.0 Å². The van der Waals surface area contributed by atoms with Crippen LogP contribution in [0, 0.1) is 29.6 Å². The largest absolute Gasteiger partial charge is 0.386 e. The molecule has 1 unspecified atom stereocenters. The molecule has 11 nitrogen and oxygen atoms in total. The molecular weight excluding hydrogens is 684 g/mol. The van der Waals surface area contributed by atoms with Crippen LogP contribution in [-0.4, -0.2) is 121 Å². The van der Waals surface area contributed by atoms with E-state index in [0.717, 1.165) is 12.8 Å². The van der Waals surface area contributed by atoms with Crippen LogP contribution >= 0.6 is 0 Å². The lowest BCUT2D eigenvalue weighted by molar-refractivity contribution is -0.149. The number of aliphatic hydroxyl groups is 1. The highest BCUT2D eigenvalue weighted by molar-refractivity contribution is 5.90. The van der Waals surface area contributed by atoms with Crippen LogP contribution in [0.3, 0.4) is 0 Å². The molecule has 2 rings (SSSR count). The van der Waals surface area contributed by atoms with Gasteiger partial charge in [0.2, 0.25) is 17.7 Å². The zero-order valence-electron chi connectivity index (χ0n) is 35.9. The first-order valence-corrected chi connectivity index (χ1v) is 20.2. The number of carbonyl (C=O) groups excluding carboxylic acids is 4. The number of Topliss-reactive ketones (excluding diaryl/α,β-unsaturated/α-hetero) is 1. The minimum Gasteiger partial charge on any atom is -0.386 e. The molecule has 308 valence electrons. The molecule has 1 aliphatic heterocycles. The van der Waals surface area contributed by atoms with E-state index in [1.54, 1.807) is 40.0 Å². The molecule has 1 fully saturated rings. The number of ether oxygens (including phenoxy) is 2. The predicted molar refractivity (Wildman–Crippen MR) is 215 cm³/mol. The Labute approximate surface area is 326 Å². The van der Waals surface area contributed by atoms with Crippen LogP contribution in [0.4, 0.5) is 0 Å². The normalized spacial score (nSPS) is 20.0. The minimum absolute atomic E-state index is 0.00810. The third kappa shape index (κ3) is 12.1. The number of likely N-dealkylation sites (tertiary alicyclic amines) is 1. The summed E-state index contributed by atoms with van der Waals surface area (Å²) in [6.07, 6.45) is 0.380. The summed E-state index contributed by atoms with van der Waals surface area (Å²) in [6, 6.07) is 7.83. The van der Waals surface area contributed by atoms with Gasteiger partial charge in [-0.2, -0.15) is 0 Å². The van der Waals surface area contributed by atoms with Gasteiger partial charge < -0.3 is 29.7 Å². The fourth-order valence-electron chi connectivity index (χ4n) is 8.28. The molecule has 10 atom stereocenters. The van der Waals surface area contributed by atoms with Crippen molar-refractivity contribution in [2.24, 2.45) is 29.6 Å². The molecule has 0 bridgehead atoms. The third-order valence-electron chi connectivity index (χ3n) is 12.0. The molecule has 54 heavy (non-hydrogen) atoms. The zero-order valence-corrected chi connectivity index (χ0v) is 35.9. The maximum Gasteiger partial charge on any atom is 0.226 e. The summed E-state index contributed by atoms with van der Waals surface area (Å²) >= 11 is 0.